The molecule has 34 heavy (non-hydrogen) atoms. The summed E-state index contributed by atoms with van der Waals surface area (Å²) in [5, 5.41) is 16.7. The Hall–Kier alpha value is -4.61. The fourth-order valence-corrected chi connectivity index (χ4v) is 3.42. The van der Waals surface area contributed by atoms with E-state index >= 15 is 0 Å². The summed E-state index contributed by atoms with van der Waals surface area (Å²) in [7, 11) is 0. The normalized spacial score (nSPS) is 11.4. The third-order valence-corrected chi connectivity index (χ3v) is 4.93. The number of nitrogens with two attached hydrogens (primary N) is 1. The molecule has 8 nitrogen and oxygen atoms in total. The third-order valence-electron chi connectivity index (χ3n) is 4.93. The number of aromatic nitrogens is 2. The average Bonchev–Trinajstić information content (AvgIpc) is 3.16. The number of H-pyrrole nitrogens is 1. The number of amides is 3. The quantitative estimate of drug-likeness (QED) is 0.200. The van der Waals surface area contributed by atoms with Gasteiger partial charge in [0.15, 0.2) is 6.20 Å². The van der Waals surface area contributed by atoms with E-state index in [0.717, 1.165) is 0 Å². The van der Waals surface area contributed by atoms with Gasteiger partial charge in [0.05, 0.1) is 16.8 Å². The van der Waals surface area contributed by atoms with E-state index in [4.69, 9.17) is 5.73 Å². The zero-order valence-electron chi connectivity index (χ0n) is 17.0. The lowest BCUT2D eigenvalue weighted by Crippen LogP contribution is -2.26. The van der Waals surface area contributed by atoms with Crippen molar-refractivity contribution in [2.75, 3.05) is 10.6 Å². The number of rotatable bonds is 4. The van der Waals surface area contributed by atoms with E-state index in [0.29, 0.717) is 34.0 Å². The van der Waals surface area contributed by atoms with Gasteiger partial charge in [-0.2, -0.15) is 17.9 Å². The molecule has 2 heterocycles. The lowest BCUT2D eigenvalue weighted by atomic mass is 10.0. The summed E-state index contributed by atoms with van der Waals surface area (Å²) in [5.41, 5.74) is 5.19. The Kier molecular flexibility index (Phi) is 5.57. The van der Waals surface area contributed by atoms with Crippen LogP contribution < -0.4 is 21.1 Å². The number of carbonyl (C=O) groups excluding carboxylic acids is 2. The van der Waals surface area contributed by atoms with Gasteiger partial charge in [0, 0.05) is 11.8 Å². The van der Waals surface area contributed by atoms with Gasteiger partial charge in [-0.05, 0) is 42.0 Å². The number of alkyl halides is 3. The van der Waals surface area contributed by atoms with E-state index in [-0.39, 0.29) is 22.5 Å². The highest BCUT2D eigenvalue weighted by Crippen LogP contribution is 2.33. The molecule has 0 atom stereocenters. The number of hydrogen-bond donors (Lipinski definition) is 4. The Bertz CT molecular complexity index is 1410. The molecule has 0 aliphatic carbocycles. The largest absolute Gasteiger partial charge is 0.618 e. The van der Waals surface area contributed by atoms with Crippen molar-refractivity contribution in [2.45, 2.75) is 6.18 Å². The first-order valence-electron chi connectivity index (χ1n) is 9.63. The van der Waals surface area contributed by atoms with Crippen LogP contribution in [0.5, 0.6) is 0 Å². The Morgan fingerprint density at radius 3 is 2.38 bits per heavy atom. The molecule has 0 radical (unpaired) electrons. The van der Waals surface area contributed by atoms with Crippen LogP contribution >= 0.6 is 0 Å². The Morgan fingerprint density at radius 2 is 1.74 bits per heavy atom. The van der Waals surface area contributed by atoms with Gasteiger partial charge < -0.3 is 26.6 Å². The summed E-state index contributed by atoms with van der Waals surface area (Å²) >= 11 is 0. The molecule has 12 heteroatoms. The van der Waals surface area contributed by atoms with Crippen molar-refractivity contribution in [1.82, 2.24) is 4.98 Å². The minimum Gasteiger partial charge on any atom is -0.618 e. The zero-order valence-corrected chi connectivity index (χ0v) is 17.0. The second-order valence-electron chi connectivity index (χ2n) is 7.18. The number of hydrogen-bond acceptors (Lipinski definition) is 3. The molecule has 0 aliphatic heterocycles. The molecule has 0 bridgehead atoms. The van der Waals surface area contributed by atoms with Gasteiger partial charge in [-0.15, -0.1) is 0 Å². The molecule has 4 rings (SSSR count). The Balaban J connectivity index is 1.58. The van der Waals surface area contributed by atoms with Crippen LogP contribution in [0, 0.1) is 11.0 Å². The van der Waals surface area contributed by atoms with E-state index in [1.165, 1.54) is 36.5 Å². The number of nitrogens with zero attached hydrogens (tertiary/aromatic N) is 1. The SMILES string of the molecule is NC(=O)c1[nH]c2ccc[n+]([O-])c2c1-c1ccc(NC(=O)Nc2cc(C(F)(F)F)ccc2F)cc1. The predicted molar refractivity (Wildman–Crippen MR) is 115 cm³/mol. The number of halogens is 4. The van der Waals surface area contributed by atoms with Crippen molar-refractivity contribution >= 4 is 34.3 Å². The first kappa shape index (κ1) is 22.6. The van der Waals surface area contributed by atoms with Crippen molar-refractivity contribution in [3.63, 3.8) is 0 Å². The van der Waals surface area contributed by atoms with Crippen molar-refractivity contribution in [3.05, 3.63) is 83.1 Å². The first-order valence-corrected chi connectivity index (χ1v) is 9.63. The number of fused-ring (bicyclic) bond motifs is 1. The molecule has 4 aromatic rings. The van der Waals surface area contributed by atoms with Crippen molar-refractivity contribution in [2.24, 2.45) is 5.73 Å². The van der Waals surface area contributed by atoms with Crippen LogP contribution in [-0.4, -0.2) is 16.9 Å². The summed E-state index contributed by atoms with van der Waals surface area (Å²) < 4.78 is 52.9. The van der Waals surface area contributed by atoms with Crippen LogP contribution in [0.25, 0.3) is 22.2 Å². The molecule has 0 saturated carbocycles. The highest BCUT2D eigenvalue weighted by molar-refractivity contribution is 6.07. The van der Waals surface area contributed by atoms with Gasteiger partial charge in [0.1, 0.15) is 17.0 Å². The number of aromatic amines is 1. The second kappa shape index (κ2) is 8.39. The van der Waals surface area contributed by atoms with Gasteiger partial charge in [-0.25, -0.2) is 9.18 Å². The standard InChI is InChI=1S/C22H15F4N5O3/c23-14-8-5-12(22(24,25)26)10-16(14)30-21(33)28-13-6-3-11(4-7-13)17-18(20(27)32)29-15-2-1-9-31(34)19(15)17/h1-10,29H,(H2,27,32)(H2,28,30,33). The average molecular weight is 473 g/mol. The van der Waals surface area contributed by atoms with Crippen LogP contribution in [0.3, 0.4) is 0 Å². The van der Waals surface area contributed by atoms with Crippen LogP contribution in [0.1, 0.15) is 16.1 Å². The van der Waals surface area contributed by atoms with Crippen molar-refractivity contribution < 1.29 is 31.9 Å². The second-order valence-corrected chi connectivity index (χ2v) is 7.18. The summed E-state index contributed by atoms with van der Waals surface area (Å²) in [4.78, 5) is 26.9. The molecule has 0 unspecified atom stereocenters. The molecule has 5 N–H and O–H groups in total. The van der Waals surface area contributed by atoms with Gasteiger partial charge in [0.2, 0.25) is 5.52 Å². The monoisotopic (exact) mass is 473 g/mol. The Labute approximate surface area is 188 Å². The van der Waals surface area contributed by atoms with E-state index in [2.05, 4.69) is 10.3 Å². The highest BCUT2D eigenvalue weighted by Gasteiger charge is 2.31. The maximum Gasteiger partial charge on any atom is 0.416 e. The Morgan fingerprint density at radius 1 is 1.03 bits per heavy atom. The van der Waals surface area contributed by atoms with Crippen LogP contribution in [0.15, 0.2) is 60.8 Å². The molecule has 174 valence electrons. The summed E-state index contributed by atoms with van der Waals surface area (Å²) in [6.07, 6.45) is -3.44. The number of carbonyl (C=O) groups is 2. The predicted octanol–water partition coefficient (Wildman–Crippen LogP) is 4.37. The third kappa shape index (κ3) is 4.33. The zero-order chi connectivity index (χ0) is 24.6. The summed E-state index contributed by atoms with van der Waals surface area (Å²) in [6, 6.07) is 9.64. The molecular weight excluding hydrogens is 458 g/mol. The number of nitrogens with one attached hydrogen (secondary N) is 3. The molecule has 0 saturated heterocycles. The van der Waals surface area contributed by atoms with Crippen LogP contribution in [-0.2, 0) is 6.18 Å². The molecule has 0 fully saturated rings. The van der Waals surface area contributed by atoms with Crippen molar-refractivity contribution in [1.29, 1.82) is 0 Å². The fourth-order valence-electron chi connectivity index (χ4n) is 3.42. The highest BCUT2D eigenvalue weighted by atomic mass is 19.4. The molecule has 0 aliphatic rings. The van der Waals surface area contributed by atoms with Crippen LogP contribution in [0.2, 0.25) is 0 Å². The first-order chi connectivity index (χ1) is 16.0. The molecular formula is C22H15F4N5O3. The van der Waals surface area contributed by atoms with E-state index in [1.54, 1.807) is 6.07 Å². The number of anilines is 2. The van der Waals surface area contributed by atoms with E-state index < -0.39 is 35.2 Å². The molecule has 0 spiro atoms. The molecule has 2 aromatic heterocycles. The maximum absolute atomic E-state index is 13.9. The van der Waals surface area contributed by atoms with Gasteiger partial charge in [-0.3, -0.25) is 4.79 Å². The fraction of sp³-hybridized carbons (Fsp3) is 0.0455. The van der Waals surface area contributed by atoms with Crippen LogP contribution in [0.4, 0.5) is 33.7 Å². The topological polar surface area (TPSA) is 127 Å². The van der Waals surface area contributed by atoms with Crippen molar-refractivity contribution in [3.8, 4) is 11.1 Å². The van der Waals surface area contributed by atoms with E-state index in [1.807, 2.05) is 5.32 Å². The number of pyridine rings is 1. The molecule has 3 amide bonds. The minimum atomic E-state index is -4.70. The number of primary amides is 1. The summed E-state index contributed by atoms with van der Waals surface area (Å²) in [5.74, 6) is -1.82. The minimum absolute atomic E-state index is 0.0178. The lowest BCUT2D eigenvalue weighted by molar-refractivity contribution is -0.576. The van der Waals surface area contributed by atoms with Gasteiger partial charge in [-0.1, -0.05) is 12.1 Å². The lowest BCUT2D eigenvalue weighted by Gasteiger charge is -2.12. The van der Waals surface area contributed by atoms with Gasteiger partial charge in [0.25, 0.3) is 5.91 Å². The smallest absolute Gasteiger partial charge is 0.416 e. The number of benzene rings is 2. The maximum atomic E-state index is 13.9. The van der Waals surface area contributed by atoms with Gasteiger partial charge >= 0.3 is 12.2 Å². The van der Waals surface area contributed by atoms with E-state index in [9.17, 15) is 32.4 Å². The number of urea groups is 1. The molecule has 2 aromatic carbocycles. The summed E-state index contributed by atoms with van der Waals surface area (Å²) in [6.45, 7) is 0.